The van der Waals surface area contributed by atoms with Crippen molar-refractivity contribution in [3.63, 3.8) is 0 Å². The third-order valence-electron chi connectivity index (χ3n) is 1.42. The van der Waals surface area contributed by atoms with Crippen LogP contribution in [-0.2, 0) is 9.45 Å². The minimum atomic E-state index is -2.09. The van der Waals surface area contributed by atoms with E-state index in [0.717, 1.165) is 0 Å². The van der Waals surface area contributed by atoms with Crippen LogP contribution in [0.25, 0.3) is 0 Å². The molecule has 2 N–H and O–H groups in total. The van der Waals surface area contributed by atoms with Gasteiger partial charge in [0, 0.05) is 0 Å². The van der Waals surface area contributed by atoms with Crippen LogP contribution in [0.3, 0.4) is 0 Å². The summed E-state index contributed by atoms with van der Waals surface area (Å²) in [5, 5.41) is 16.8. The number of alkyl halides is 1. The first-order valence-electron chi connectivity index (χ1n) is 3.45. The minimum absolute atomic E-state index is 0.238. The van der Waals surface area contributed by atoms with Gasteiger partial charge in [-0.3, -0.25) is 0 Å². The molecule has 0 spiro atoms. The van der Waals surface area contributed by atoms with E-state index in [9.17, 15) is 9.18 Å². The van der Waals surface area contributed by atoms with Gasteiger partial charge in [-0.15, -0.1) is 0 Å². The lowest BCUT2D eigenvalue weighted by atomic mass is 10.0. The Labute approximate surface area is 73.8 Å². The molecule has 0 aromatic heterocycles. The number of hydrogen-bond acceptors (Lipinski definition) is 4. The highest BCUT2D eigenvalue weighted by Crippen LogP contribution is 2.20. The first-order chi connectivity index (χ1) is 6.15. The molecule has 1 unspecified atom stereocenters. The van der Waals surface area contributed by atoms with E-state index in [0.29, 0.717) is 0 Å². The molecule has 13 heavy (non-hydrogen) atoms. The summed E-state index contributed by atoms with van der Waals surface area (Å²) in [5.41, 5.74) is -0.238. The Morgan fingerprint density at radius 2 is 2.31 bits per heavy atom. The van der Waals surface area contributed by atoms with Gasteiger partial charge in [-0.2, -0.15) is 0 Å². The molecule has 0 aromatic carbocycles. The van der Waals surface area contributed by atoms with Crippen LogP contribution in [0.15, 0.2) is 29.6 Å². The van der Waals surface area contributed by atoms with Gasteiger partial charge in [0.05, 0.1) is 5.57 Å². The van der Waals surface area contributed by atoms with Crippen LogP contribution in [-0.4, -0.2) is 29.5 Å². The maximum atomic E-state index is 13.1. The minimum Gasteiger partial charge on any atom is -0.512 e. The maximum absolute atomic E-state index is 13.1. The molecule has 0 heterocycles. The predicted octanol–water partition coefficient (Wildman–Crippen LogP) is -0.478. The fourth-order valence-corrected chi connectivity index (χ4v) is 0.875. The Balaban J connectivity index is 2.81. The lowest BCUT2D eigenvalue weighted by Crippen LogP contribution is -2.22. The average Bonchev–Trinajstić information content (AvgIpc) is 2.08. The molecule has 1 atom stereocenters. The molecule has 1 aliphatic rings. The fourth-order valence-electron chi connectivity index (χ4n) is 0.875. The first-order valence-corrected chi connectivity index (χ1v) is 3.45. The normalized spacial score (nSPS) is 20.7. The van der Waals surface area contributed by atoms with Crippen LogP contribution in [0.2, 0.25) is 0 Å². The topological polar surface area (TPSA) is 66.8 Å². The molecule has 6 heteroatoms. The zero-order valence-corrected chi connectivity index (χ0v) is 6.48. The van der Waals surface area contributed by atoms with Crippen molar-refractivity contribution in [2.24, 2.45) is 0 Å². The second-order valence-electron chi connectivity index (χ2n) is 2.29. The lowest BCUT2D eigenvalue weighted by Gasteiger charge is -2.15. The molecule has 0 bridgehead atoms. The summed E-state index contributed by atoms with van der Waals surface area (Å²) in [5.74, 6) is 1.05. The number of allylic oxidation sites excluding steroid dienone is 4. The molecular formula is C7H6BFO4. The van der Waals surface area contributed by atoms with Crippen LogP contribution < -0.4 is 0 Å². The summed E-state index contributed by atoms with van der Waals surface area (Å²) in [6.45, 7) is 0. The Morgan fingerprint density at radius 1 is 1.62 bits per heavy atom. The summed E-state index contributed by atoms with van der Waals surface area (Å²) in [6, 6.07) is 0. The number of carbonyl (C=O) groups excluding carboxylic acids is 1. The zero-order chi connectivity index (χ0) is 9.84. The molecule has 0 saturated carbocycles. The van der Waals surface area contributed by atoms with E-state index < -0.39 is 13.5 Å². The smallest absolute Gasteiger partial charge is 0.512 e. The summed E-state index contributed by atoms with van der Waals surface area (Å²) in [4.78, 5) is 10.1. The van der Waals surface area contributed by atoms with Crippen molar-refractivity contribution >= 4 is 13.3 Å². The first kappa shape index (κ1) is 9.73. The highest BCUT2D eigenvalue weighted by Gasteiger charge is 2.25. The van der Waals surface area contributed by atoms with Gasteiger partial charge in [0.25, 0.3) is 0 Å². The quantitative estimate of drug-likeness (QED) is 0.449. The molecular weight excluding hydrogens is 178 g/mol. The van der Waals surface area contributed by atoms with Gasteiger partial charge in [-0.1, -0.05) is 6.08 Å². The van der Waals surface area contributed by atoms with Gasteiger partial charge in [-0.05, 0) is 12.2 Å². The van der Waals surface area contributed by atoms with Crippen LogP contribution >= 0.6 is 0 Å². The van der Waals surface area contributed by atoms with Crippen LogP contribution in [0.4, 0.5) is 4.39 Å². The van der Waals surface area contributed by atoms with Gasteiger partial charge in [0.1, 0.15) is 11.7 Å². The van der Waals surface area contributed by atoms with Crippen molar-refractivity contribution in [1.82, 2.24) is 0 Å². The Hall–Kier alpha value is -1.36. The van der Waals surface area contributed by atoms with Gasteiger partial charge in [0.15, 0.2) is 6.17 Å². The number of halogens is 1. The van der Waals surface area contributed by atoms with Crippen LogP contribution in [0.5, 0.6) is 0 Å². The molecule has 0 amide bonds. The standard InChI is InChI=1S/C7H6BFO4/c9-7-5(4-10)2-1-3-6(7)13-8(11)12/h1-3,7,11-12H. The van der Waals surface area contributed by atoms with Crippen molar-refractivity contribution in [3.05, 3.63) is 29.6 Å². The van der Waals surface area contributed by atoms with Crippen LogP contribution in [0.1, 0.15) is 0 Å². The molecule has 4 nitrogen and oxygen atoms in total. The van der Waals surface area contributed by atoms with Crippen molar-refractivity contribution in [1.29, 1.82) is 0 Å². The van der Waals surface area contributed by atoms with Gasteiger partial charge >= 0.3 is 7.32 Å². The maximum Gasteiger partial charge on any atom is 0.707 e. The predicted molar refractivity (Wildman–Crippen MR) is 42.6 cm³/mol. The lowest BCUT2D eigenvalue weighted by molar-refractivity contribution is 0.204. The zero-order valence-electron chi connectivity index (χ0n) is 6.48. The molecule has 0 aliphatic heterocycles. The van der Waals surface area contributed by atoms with E-state index in [1.165, 1.54) is 24.2 Å². The summed E-state index contributed by atoms with van der Waals surface area (Å²) in [6.07, 6.45) is 2.00. The molecule has 0 radical (unpaired) electrons. The SMILES string of the molecule is O=C=C1C=CC=C(OB(O)O)C1F. The fraction of sp³-hybridized carbons (Fsp3) is 0.143. The van der Waals surface area contributed by atoms with E-state index in [2.05, 4.69) is 4.65 Å². The summed E-state index contributed by atoms with van der Waals surface area (Å²) >= 11 is 0. The van der Waals surface area contributed by atoms with E-state index in [-0.39, 0.29) is 11.3 Å². The van der Waals surface area contributed by atoms with E-state index in [4.69, 9.17) is 10.0 Å². The number of rotatable bonds is 2. The highest BCUT2D eigenvalue weighted by molar-refractivity contribution is 6.33. The van der Waals surface area contributed by atoms with Crippen molar-refractivity contribution in [2.45, 2.75) is 6.17 Å². The Morgan fingerprint density at radius 3 is 2.85 bits per heavy atom. The molecule has 0 saturated heterocycles. The third kappa shape index (κ3) is 2.29. The van der Waals surface area contributed by atoms with Crippen molar-refractivity contribution < 1.29 is 23.9 Å². The van der Waals surface area contributed by atoms with E-state index >= 15 is 0 Å². The van der Waals surface area contributed by atoms with Gasteiger partial charge in [-0.25, -0.2) is 9.18 Å². The summed E-state index contributed by atoms with van der Waals surface area (Å²) < 4.78 is 17.4. The van der Waals surface area contributed by atoms with Crippen LogP contribution in [0, 0.1) is 0 Å². The monoisotopic (exact) mass is 184 g/mol. The second kappa shape index (κ2) is 4.05. The Bertz CT molecular complexity index is 304. The van der Waals surface area contributed by atoms with Crippen molar-refractivity contribution in [3.8, 4) is 0 Å². The molecule has 1 aliphatic carbocycles. The number of hydrogen-bond donors (Lipinski definition) is 2. The molecule has 0 fully saturated rings. The average molecular weight is 184 g/mol. The second-order valence-corrected chi connectivity index (χ2v) is 2.29. The Kier molecular flexibility index (Phi) is 3.03. The van der Waals surface area contributed by atoms with E-state index in [1.54, 1.807) is 0 Å². The molecule has 0 aromatic rings. The summed E-state index contributed by atoms with van der Waals surface area (Å²) in [7, 11) is -2.09. The third-order valence-corrected chi connectivity index (χ3v) is 1.42. The largest absolute Gasteiger partial charge is 0.707 e. The van der Waals surface area contributed by atoms with Crippen molar-refractivity contribution in [2.75, 3.05) is 0 Å². The molecule has 1 rings (SSSR count). The van der Waals surface area contributed by atoms with Gasteiger partial charge < -0.3 is 14.7 Å². The highest BCUT2D eigenvalue weighted by atomic mass is 19.1. The van der Waals surface area contributed by atoms with Gasteiger partial charge in [0.2, 0.25) is 0 Å². The molecule has 68 valence electrons. The van der Waals surface area contributed by atoms with E-state index in [1.807, 2.05) is 0 Å².